The number of hydrogen-bond acceptors (Lipinski definition) is 5. The van der Waals surface area contributed by atoms with E-state index in [1.807, 2.05) is 18.4 Å². The van der Waals surface area contributed by atoms with Gasteiger partial charge in [-0.05, 0) is 44.4 Å². The number of ketones is 1. The molecule has 0 saturated carbocycles. The normalized spacial score (nSPS) is 11.5. The number of esters is 1. The first-order chi connectivity index (χ1) is 11.9. The summed E-state index contributed by atoms with van der Waals surface area (Å²) in [6, 6.07) is 13.7. The topological polar surface area (TPSA) is 72.5 Å². The minimum atomic E-state index is -0.998. The molecule has 0 fully saturated rings. The monoisotopic (exact) mass is 357 g/mol. The number of anilines is 1. The van der Waals surface area contributed by atoms with Crippen LogP contribution in [0.15, 0.2) is 53.4 Å². The van der Waals surface area contributed by atoms with Crippen molar-refractivity contribution in [2.45, 2.75) is 24.8 Å². The lowest BCUT2D eigenvalue weighted by atomic mass is 10.1. The number of para-hydroxylation sites is 1. The number of rotatable bonds is 6. The van der Waals surface area contributed by atoms with Gasteiger partial charge in [0.15, 0.2) is 11.9 Å². The third-order valence-corrected chi connectivity index (χ3v) is 4.34. The Morgan fingerprint density at radius 1 is 1.00 bits per heavy atom. The van der Waals surface area contributed by atoms with Gasteiger partial charge in [-0.2, -0.15) is 0 Å². The first kappa shape index (κ1) is 18.7. The molecule has 2 aromatic rings. The molecule has 2 rings (SSSR count). The van der Waals surface area contributed by atoms with E-state index in [-0.39, 0.29) is 5.78 Å². The predicted octanol–water partition coefficient (Wildman–Crippen LogP) is 3.80. The summed E-state index contributed by atoms with van der Waals surface area (Å²) in [5.41, 5.74) is 1.22. The smallest absolute Gasteiger partial charge is 0.340 e. The quantitative estimate of drug-likeness (QED) is 0.484. The molecule has 0 bridgehead atoms. The highest BCUT2D eigenvalue weighted by Crippen LogP contribution is 2.21. The number of carbonyl (C=O) groups is 3. The van der Waals surface area contributed by atoms with Gasteiger partial charge in [0, 0.05) is 10.5 Å². The maximum absolute atomic E-state index is 12.3. The zero-order chi connectivity index (χ0) is 18.4. The Kier molecular flexibility index (Phi) is 6.36. The summed E-state index contributed by atoms with van der Waals surface area (Å²) in [5.74, 6) is -1.22. The largest absolute Gasteiger partial charge is 0.449 e. The van der Waals surface area contributed by atoms with Gasteiger partial charge in [-0.25, -0.2) is 4.79 Å². The summed E-state index contributed by atoms with van der Waals surface area (Å²) >= 11 is 1.43. The fraction of sp³-hybridized carbons (Fsp3) is 0.211. The molecule has 1 unspecified atom stereocenters. The molecule has 0 radical (unpaired) electrons. The minimum absolute atomic E-state index is 0.158. The minimum Gasteiger partial charge on any atom is -0.449 e. The first-order valence-electron chi connectivity index (χ1n) is 7.69. The van der Waals surface area contributed by atoms with Gasteiger partial charge in [0.2, 0.25) is 0 Å². The average molecular weight is 357 g/mol. The molecule has 0 aliphatic heterocycles. The van der Waals surface area contributed by atoms with Crippen molar-refractivity contribution < 1.29 is 19.1 Å². The SMILES string of the molecule is CSc1ccccc1C(=O)OC(C)C(=O)Nc1ccccc1C(C)=O. The lowest BCUT2D eigenvalue weighted by Crippen LogP contribution is -2.30. The Labute approximate surface area is 150 Å². The number of benzene rings is 2. The molecular weight excluding hydrogens is 338 g/mol. The Morgan fingerprint density at radius 2 is 1.60 bits per heavy atom. The second-order valence-corrected chi connectivity index (χ2v) is 6.19. The summed E-state index contributed by atoms with van der Waals surface area (Å²) in [4.78, 5) is 37.0. The van der Waals surface area contributed by atoms with E-state index in [2.05, 4.69) is 5.32 Å². The van der Waals surface area contributed by atoms with Crippen LogP contribution in [0.5, 0.6) is 0 Å². The zero-order valence-electron chi connectivity index (χ0n) is 14.2. The van der Waals surface area contributed by atoms with E-state index in [1.165, 1.54) is 25.6 Å². The number of ether oxygens (including phenoxy) is 1. The molecule has 2 aromatic carbocycles. The van der Waals surface area contributed by atoms with Crippen molar-refractivity contribution in [2.75, 3.05) is 11.6 Å². The van der Waals surface area contributed by atoms with Gasteiger partial charge >= 0.3 is 5.97 Å². The Hall–Kier alpha value is -2.60. The van der Waals surface area contributed by atoms with Crippen LogP contribution in [0.3, 0.4) is 0 Å². The predicted molar refractivity (Wildman–Crippen MR) is 98.2 cm³/mol. The lowest BCUT2D eigenvalue weighted by molar-refractivity contribution is -0.123. The molecule has 0 spiro atoms. The van der Waals surface area contributed by atoms with Gasteiger partial charge in [0.25, 0.3) is 5.91 Å². The summed E-state index contributed by atoms with van der Waals surface area (Å²) in [6.07, 6.45) is 0.864. The summed E-state index contributed by atoms with van der Waals surface area (Å²) in [5, 5.41) is 2.63. The van der Waals surface area contributed by atoms with Crippen LogP contribution >= 0.6 is 11.8 Å². The Morgan fingerprint density at radius 3 is 2.24 bits per heavy atom. The van der Waals surface area contributed by atoms with Crippen molar-refractivity contribution in [3.8, 4) is 0 Å². The maximum Gasteiger partial charge on any atom is 0.340 e. The van der Waals surface area contributed by atoms with Gasteiger partial charge in [-0.1, -0.05) is 24.3 Å². The van der Waals surface area contributed by atoms with E-state index in [0.717, 1.165) is 4.90 Å². The summed E-state index contributed by atoms with van der Waals surface area (Å²) in [6.45, 7) is 2.92. The summed E-state index contributed by atoms with van der Waals surface area (Å²) in [7, 11) is 0. The number of nitrogens with one attached hydrogen (secondary N) is 1. The highest BCUT2D eigenvalue weighted by atomic mass is 32.2. The maximum atomic E-state index is 12.3. The van der Waals surface area contributed by atoms with Crippen molar-refractivity contribution in [1.82, 2.24) is 0 Å². The van der Waals surface area contributed by atoms with Crippen LogP contribution in [0.25, 0.3) is 0 Å². The van der Waals surface area contributed by atoms with Crippen LogP contribution in [0.1, 0.15) is 34.6 Å². The van der Waals surface area contributed by atoms with Crippen molar-refractivity contribution in [2.24, 2.45) is 0 Å². The van der Waals surface area contributed by atoms with Gasteiger partial charge in [0.05, 0.1) is 11.3 Å². The van der Waals surface area contributed by atoms with Gasteiger partial charge in [-0.15, -0.1) is 11.8 Å². The van der Waals surface area contributed by atoms with Crippen LogP contribution in [0.4, 0.5) is 5.69 Å². The average Bonchev–Trinajstić information content (AvgIpc) is 2.61. The number of amides is 1. The second-order valence-electron chi connectivity index (χ2n) is 5.34. The number of hydrogen-bond donors (Lipinski definition) is 1. The summed E-state index contributed by atoms with van der Waals surface area (Å²) < 4.78 is 5.26. The number of Topliss-reactive ketones (excluding diaryl/α,β-unsaturated/α-hetero) is 1. The fourth-order valence-corrected chi connectivity index (χ4v) is 2.81. The second kappa shape index (κ2) is 8.48. The molecule has 1 amide bonds. The Bertz CT molecular complexity index is 804. The van der Waals surface area contributed by atoms with E-state index in [0.29, 0.717) is 16.8 Å². The van der Waals surface area contributed by atoms with E-state index in [9.17, 15) is 14.4 Å². The molecule has 0 aliphatic rings. The Balaban J connectivity index is 2.08. The molecule has 0 saturated heterocycles. The van der Waals surface area contributed by atoms with Crippen molar-refractivity contribution in [1.29, 1.82) is 0 Å². The van der Waals surface area contributed by atoms with Gasteiger partial charge in [-0.3, -0.25) is 9.59 Å². The zero-order valence-corrected chi connectivity index (χ0v) is 15.1. The third kappa shape index (κ3) is 4.70. The lowest BCUT2D eigenvalue weighted by Gasteiger charge is -2.15. The van der Waals surface area contributed by atoms with Gasteiger partial charge in [0.1, 0.15) is 0 Å². The molecule has 6 heteroatoms. The van der Waals surface area contributed by atoms with Crippen LogP contribution < -0.4 is 5.32 Å². The third-order valence-electron chi connectivity index (χ3n) is 3.54. The molecule has 0 aromatic heterocycles. The van der Waals surface area contributed by atoms with Crippen molar-refractivity contribution in [3.05, 3.63) is 59.7 Å². The highest BCUT2D eigenvalue weighted by molar-refractivity contribution is 7.98. The number of carbonyl (C=O) groups excluding carboxylic acids is 3. The molecule has 5 nitrogen and oxygen atoms in total. The molecule has 0 heterocycles. The molecule has 1 atom stereocenters. The molecule has 1 N–H and O–H groups in total. The van der Waals surface area contributed by atoms with E-state index in [4.69, 9.17) is 4.74 Å². The van der Waals surface area contributed by atoms with E-state index < -0.39 is 18.0 Å². The molecule has 130 valence electrons. The van der Waals surface area contributed by atoms with E-state index >= 15 is 0 Å². The van der Waals surface area contributed by atoms with Crippen LogP contribution in [-0.2, 0) is 9.53 Å². The number of thioether (sulfide) groups is 1. The highest BCUT2D eigenvalue weighted by Gasteiger charge is 2.21. The fourth-order valence-electron chi connectivity index (χ4n) is 2.22. The van der Waals surface area contributed by atoms with Crippen molar-refractivity contribution >= 4 is 35.1 Å². The first-order valence-corrected chi connectivity index (χ1v) is 8.91. The van der Waals surface area contributed by atoms with Crippen LogP contribution in [0, 0.1) is 0 Å². The van der Waals surface area contributed by atoms with Crippen LogP contribution in [0.2, 0.25) is 0 Å². The van der Waals surface area contributed by atoms with Gasteiger partial charge < -0.3 is 10.1 Å². The molecule has 25 heavy (non-hydrogen) atoms. The van der Waals surface area contributed by atoms with E-state index in [1.54, 1.807) is 36.4 Å². The molecule has 0 aliphatic carbocycles. The van der Waals surface area contributed by atoms with Crippen LogP contribution in [-0.4, -0.2) is 30.0 Å². The standard InChI is InChI=1S/C19H19NO4S/c1-12(21)14-8-4-6-10-16(14)20-18(22)13(2)24-19(23)15-9-5-7-11-17(15)25-3/h4-11,13H,1-3H3,(H,20,22). The van der Waals surface area contributed by atoms with Crippen molar-refractivity contribution in [3.63, 3.8) is 0 Å². The molecular formula is C19H19NO4S.